The Balaban J connectivity index is 0. The molecule has 0 amide bonds. The number of aliphatic carboxylic acids is 2. The highest BCUT2D eigenvalue weighted by molar-refractivity contribution is 5.79. The van der Waals surface area contributed by atoms with E-state index in [0.717, 1.165) is 25.7 Å². The molecule has 0 aromatic heterocycles. The van der Waals surface area contributed by atoms with Gasteiger partial charge in [0, 0.05) is 12.5 Å². The van der Waals surface area contributed by atoms with Crippen LogP contribution < -0.4 is 0 Å². The van der Waals surface area contributed by atoms with E-state index in [9.17, 15) is 9.59 Å². The number of unbranched alkanes of at least 4 members (excludes halogenated alkanes) is 23. The Labute approximate surface area is 224 Å². The summed E-state index contributed by atoms with van der Waals surface area (Å²) in [5, 5.41) is 16.9. The number of hydrogen-bond donors (Lipinski definition) is 2. The fraction of sp³-hybridized carbons (Fsp3) is 0.875. The number of carboxylic acid groups (broad SMARTS) is 2. The van der Waals surface area contributed by atoms with Crippen LogP contribution in [0.3, 0.4) is 0 Å². The molecule has 0 aliphatic heterocycles. The van der Waals surface area contributed by atoms with E-state index in [0.29, 0.717) is 6.42 Å². The van der Waals surface area contributed by atoms with E-state index >= 15 is 0 Å². The lowest BCUT2D eigenvalue weighted by atomic mass is 10.0. The molecule has 0 aromatic rings. The quantitative estimate of drug-likeness (QED) is 0.0851. The highest BCUT2D eigenvalue weighted by Crippen LogP contribution is 2.13. The van der Waals surface area contributed by atoms with Crippen LogP contribution in [0.2, 0.25) is 0 Å². The molecule has 0 spiro atoms. The zero-order chi connectivity index (χ0) is 27.0. The zero-order valence-corrected chi connectivity index (χ0v) is 24.3. The van der Waals surface area contributed by atoms with E-state index in [1.807, 2.05) is 0 Å². The van der Waals surface area contributed by atoms with Crippen molar-refractivity contribution in [2.75, 3.05) is 0 Å². The standard InChI is InChI=1S/C17H32O2.C15H30O2/c1-2-3-4-5-6-7-8-9-10-11-12-13-14-15-16-17(18)19;1-2-3-4-5-6-7-8-9-10-11-12-13-14-15(16)17/h15-16H,2-14H2,1H3,(H,18,19);2-14H2,1H3,(H,16,17)/b16-15+;. The van der Waals surface area contributed by atoms with Crippen molar-refractivity contribution in [1.82, 2.24) is 0 Å². The molecular weight excluding hydrogens is 448 g/mol. The van der Waals surface area contributed by atoms with Gasteiger partial charge in [0.15, 0.2) is 0 Å². The van der Waals surface area contributed by atoms with Crippen molar-refractivity contribution < 1.29 is 19.8 Å². The average molecular weight is 511 g/mol. The Kier molecular flexibility index (Phi) is 34.5. The van der Waals surface area contributed by atoms with E-state index in [-0.39, 0.29) is 0 Å². The van der Waals surface area contributed by atoms with Gasteiger partial charge in [0.1, 0.15) is 0 Å². The van der Waals surface area contributed by atoms with Gasteiger partial charge in [-0.1, -0.05) is 161 Å². The lowest BCUT2D eigenvalue weighted by molar-refractivity contribution is -0.137. The number of carbonyl (C=O) groups is 2. The largest absolute Gasteiger partial charge is 0.481 e. The Morgan fingerprint density at radius 2 is 0.778 bits per heavy atom. The van der Waals surface area contributed by atoms with E-state index in [2.05, 4.69) is 13.8 Å². The minimum Gasteiger partial charge on any atom is -0.481 e. The van der Waals surface area contributed by atoms with Crippen molar-refractivity contribution in [3.8, 4) is 0 Å². The normalized spacial score (nSPS) is 10.9. The molecule has 0 aliphatic rings. The summed E-state index contributed by atoms with van der Waals surface area (Å²) >= 11 is 0. The third-order valence-corrected chi connectivity index (χ3v) is 6.73. The van der Waals surface area contributed by atoms with Crippen molar-refractivity contribution in [3.05, 3.63) is 12.2 Å². The number of rotatable bonds is 27. The molecule has 0 saturated carbocycles. The molecular formula is C32H62O4. The molecule has 0 fully saturated rings. The average Bonchev–Trinajstić information content (AvgIpc) is 2.85. The number of allylic oxidation sites excluding steroid dienone is 1. The Bertz CT molecular complexity index is 473. The second kappa shape index (κ2) is 33.7. The van der Waals surface area contributed by atoms with Gasteiger partial charge in [0.25, 0.3) is 0 Å². The van der Waals surface area contributed by atoms with Crippen molar-refractivity contribution in [2.45, 2.75) is 181 Å². The summed E-state index contributed by atoms with van der Waals surface area (Å²) in [6.45, 7) is 4.52. The van der Waals surface area contributed by atoms with Gasteiger partial charge in [-0.25, -0.2) is 4.79 Å². The maximum atomic E-state index is 10.3. The second-order valence-corrected chi connectivity index (χ2v) is 10.5. The van der Waals surface area contributed by atoms with Gasteiger partial charge in [-0.05, 0) is 19.3 Å². The van der Waals surface area contributed by atoms with Gasteiger partial charge >= 0.3 is 11.9 Å². The van der Waals surface area contributed by atoms with Crippen LogP contribution in [0.4, 0.5) is 0 Å². The summed E-state index contributed by atoms with van der Waals surface area (Å²) in [5.74, 6) is -1.49. The molecule has 0 bridgehead atoms. The first-order valence-corrected chi connectivity index (χ1v) is 15.7. The summed E-state index contributed by atoms with van der Waals surface area (Å²) in [4.78, 5) is 20.5. The fourth-order valence-corrected chi connectivity index (χ4v) is 4.40. The summed E-state index contributed by atoms with van der Waals surface area (Å²) in [6.07, 6.45) is 35.9. The smallest absolute Gasteiger partial charge is 0.327 e. The Morgan fingerprint density at radius 3 is 1.08 bits per heavy atom. The van der Waals surface area contributed by atoms with Gasteiger partial charge in [-0.15, -0.1) is 0 Å². The van der Waals surface area contributed by atoms with Crippen LogP contribution in [-0.4, -0.2) is 22.2 Å². The summed E-state index contributed by atoms with van der Waals surface area (Å²) in [6, 6.07) is 0. The van der Waals surface area contributed by atoms with Gasteiger partial charge in [-0.2, -0.15) is 0 Å². The Morgan fingerprint density at radius 1 is 0.472 bits per heavy atom. The molecule has 0 saturated heterocycles. The number of carboxylic acids is 2. The van der Waals surface area contributed by atoms with E-state index < -0.39 is 11.9 Å². The van der Waals surface area contributed by atoms with Crippen LogP contribution in [0.1, 0.15) is 181 Å². The van der Waals surface area contributed by atoms with Crippen LogP contribution in [-0.2, 0) is 9.59 Å². The molecule has 0 unspecified atom stereocenters. The third-order valence-electron chi connectivity index (χ3n) is 6.73. The monoisotopic (exact) mass is 510 g/mol. The van der Waals surface area contributed by atoms with Crippen LogP contribution in [0.15, 0.2) is 12.2 Å². The third kappa shape index (κ3) is 39.9. The topological polar surface area (TPSA) is 74.6 Å². The van der Waals surface area contributed by atoms with Gasteiger partial charge in [0.2, 0.25) is 0 Å². The molecule has 2 N–H and O–H groups in total. The van der Waals surface area contributed by atoms with Gasteiger partial charge < -0.3 is 10.2 Å². The van der Waals surface area contributed by atoms with Crippen LogP contribution in [0.25, 0.3) is 0 Å². The van der Waals surface area contributed by atoms with E-state index in [1.54, 1.807) is 6.08 Å². The van der Waals surface area contributed by atoms with Gasteiger partial charge in [-0.3, -0.25) is 4.79 Å². The molecule has 0 rings (SSSR count). The summed E-state index contributed by atoms with van der Waals surface area (Å²) in [7, 11) is 0. The van der Waals surface area contributed by atoms with E-state index in [1.165, 1.54) is 141 Å². The second-order valence-electron chi connectivity index (χ2n) is 10.5. The number of hydrogen-bond acceptors (Lipinski definition) is 2. The molecule has 36 heavy (non-hydrogen) atoms. The molecule has 0 radical (unpaired) electrons. The predicted molar refractivity (Wildman–Crippen MR) is 156 cm³/mol. The predicted octanol–water partition coefficient (Wildman–Crippen LogP) is 10.9. The molecule has 0 atom stereocenters. The molecule has 4 heteroatoms. The van der Waals surface area contributed by atoms with Gasteiger partial charge in [0.05, 0.1) is 0 Å². The highest BCUT2D eigenvalue weighted by Gasteiger charge is 1.97. The fourth-order valence-electron chi connectivity index (χ4n) is 4.40. The molecule has 0 aliphatic carbocycles. The van der Waals surface area contributed by atoms with Crippen LogP contribution in [0, 0.1) is 0 Å². The molecule has 214 valence electrons. The summed E-state index contributed by atoms with van der Waals surface area (Å²) in [5.41, 5.74) is 0. The van der Waals surface area contributed by atoms with Crippen LogP contribution in [0.5, 0.6) is 0 Å². The van der Waals surface area contributed by atoms with E-state index in [4.69, 9.17) is 10.2 Å². The summed E-state index contributed by atoms with van der Waals surface area (Å²) < 4.78 is 0. The first-order chi connectivity index (χ1) is 17.5. The minimum atomic E-state index is -0.834. The zero-order valence-electron chi connectivity index (χ0n) is 24.3. The first kappa shape index (κ1) is 36.8. The SMILES string of the molecule is CCCCCCCCCCCCCC/C=C/C(=O)O.CCCCCCCCCCCCCCC(=O)O. The maximum absolute atomic E-state index is 10.3. The molecule has 0 heterocycles. The molecule has 4 nitrogen and oxygen atoms in total. The van der Waals surface area contributed by atoms with Crippen molar-refractivity contribution in [1.29, 1.82) is 0 Å². The first-order valence-electron chi connectivity index (χ1n) is 15.7. The lowest BCUT2D eigenvalue weighted by Crippen LogP contribution is -1.93. The van der Waals surface area contributed by atoms with Crippen LogP contribution >= 0.6 is 0 Å². The van der Waals surface area contributed by atoms with Crippen molar-refractivity contribution in [2.24, 2.45) is 0 Å². The van der Waals surface area contributed by atoms with Crippen molar-refractivity contribution >= 4 is 11.9 Å². The molecule has 0 aromatic carbocycles. The Hall–Kier alpha value is -1.32. The minimum absolute atomic E-state index is 0.345. The van der Waals surface area contributed by atoms with Crippen molar-refractivity contribution in [3.63, 3.8) is 0 Å². The lowest BCUT2D eigenvalue weighted by Gasteiger charge is -2.02. The highest BCUT2D eigenvalue weighted by atomic mass is 16.4. The maximum Gasteiger partial charge on any atom is 0.327 e.